The smallest absolute Gasteiger partial charge is 0.333 e. The number of esters is 4. The van der Waals surface area contributed by atoms with Crippen molar-refractivity contribution in [1.82, 2.24) is 0 Å². The van der Waals surface area contributed by atoms with Crippen LogP contribution in [0.25, 0.3) is 6.08 Å². The summed E-state index contributed by atoms with van der Waals surface area (Å²) in [6.45, 7) is 24.4. The molecule has 0 radical (unpaired) electrons. The lowest BCUT2D eigenvalue weighted by Gasteiger charge is -2.05. The zero-order chi connectivity index (χ0) is 29.9. The van der Waals surface area contributed by atoms with E-state index in [0.29, 0.717) is 23.3 Å². The van der Waals surface area contributed by atoms with E-state index in [1.807, 2.05) is 43.3 Å². The minimum absolute atomic E-state index is 0.0325. The van der Waals surface area contributed by atoms with Gasteiger partial charge < -0.3 is 18.9 Å². The predicted octanol–water partition coefficient (Wildman–Crippen LogP) is 5.81. The molecule has 8 nitrogen and oxygen atoms in total. The standard InChI is InChI=1S/C10H14O4.C8H8.C7H12O2.C5H8O2/c1-7(2)9(11)13-5-6-14-10(12)8(3)4;1-2-8-6-4-3-5-7-8;1-3-5-6-9-7(8)4-2;1-4(2)5(6)7-3/h1,3,5-6H2,2,4H3;2-7H,1H2;4H,2-3,5-6H2,1H3;1H2,2-3H3. The maximum atomic E-state index is 10.8. The number of hydrogen-bond acceptors (Lipinski definition) is 8. The van der Waals surface area contributed by atoms with Gasteiger partial charge in [0.25, 0.3) is 0 Å². The van der Waals surface area contributed by atoms with Crippen molar-refractivity contribution < 1.29 is 38.1 Å². The molecule has 1 aromatic carbocycles. The van der Waals surface area contributed by atoms with Crippen LogP contribution < -0.4 is 0 Å². The number of rotatable bonds is 11. The van der Waals surface area contributed by atoms with Crippen LogP contribution in [0.4, 0.5) is 0 Å². The first-order valence-corrected chi connectivity index (χ1v) is 11.7. The molecule has 0 amide bonds. The first kappa shape index (κ1) is 38.3. The summed E-state index contributed by atoms with van der Waals surface area (Å²) in [5.41, 5.74) is 2.24. The molecule has 0 aliphatic rings. The number of unbranched alkanes of at least 4 members (excludes halogenated alkanes) is 1. The van der Waals surface area contributed by atoms with Crippen LogP contribution >= 0.6 is 0 Å². The van der Waals surface area contributed by atoms with Crippen LogP contribution in [0.1, 0.15) is 46.1 Å². The van der Waals surface area contributed by atoms with Crippen LogP contribution in [-0.4, -0.2) is 50.8 Å². The highest BCUT2D eigenvalue weighted by molar-refractivity contribution is 5.87. The van der Waals surface area contributed by atoms with Gasteiger partial charge in [0.1, 0.15) is 13.2 Å². The van der Waals surface area contributed by atoms with Crippen molar-refractivity contribution in [3.8, 4) is 0 Å². The van der Waals surface area contributed by atoms with Gasteiger partial charge >= 0.3 is 23.9 Å². The van der Waals surface area contributed by atoms with Gasteiger partial charge in [-0.15, -0.1) is 0 Å². The van der Waals surface area contributed by atoms with Gasteiger partial charge in [-0.25, -0.2) is 19.2 Å². The Kier molecular flexibility index (Phi) is 26.1. The van der Waals surface area contributed by atoms with E-state index in [0.717, 1.165) is 12.8 Å². The van der Waals surface area contributed by atoms with Gasteiger partial charge in [0.15, 0.2) is 0 Å². The van der Waals surface area contributed by atoms with Gasteiger partial charge in [0.2, 0.25) is 0 Å². The molecule has 0 atom stereocenters. The first-order chi connectivity index (χ1) is 17.9. The fourth-order valence-corrected chi connectivity index (χ4v) is 1.65. The summed E-state index contributed by atoms with van der Waals surface area (Å²) in [7, 11) is 1.33. The van der Waals surface area contributed by atoms with Crippen LogP contribution in [0.3, 0.4) is 0 Å². The molecule has 210 valence electrons. The van der Waals surface area contributed by atoms with Gasteiger partial charge in [0, 0.05) is 22.8 Å². The Morgan fingerprint density at radius 1 is 0.737 bits per heavy atom. The lowest BCUT2D eigenvalue weighted by atomic mass is 10.2. The van der Waals surface area contributed by atoms with Crippen molar-refractivity contribution in [2.75, 3.05) is 26.9 Å². The lowest BCUT2D eigenvalue weighted by Crippen LogP contribution is -2.14. The fraction of sp³-hybridized carbons (Fsp3) is 0.333. The van der Waals surface area contributed by atoms with E-state index in [2.05, 4.69) is 51.8 Å². The van der Waals surface area contributed by atoms with Crippen LogP contribution in [0, 0.1) is 0 Å². The summed E-state index contributed by atoms with van der Waals surface area (Å²) >= 11 is 0. The van der Waals surface area contributed by atoms with Gasteiger partial charge in [-0.1, -0.05) is 82.6 Å². The average molecular weight is 531 g/mol. The van der Waals surface area contributed by atoms with E-state index < -0.39 is 11.9 Å². The van der Waals surface area contributed by atoms with E-state index in [-0.39, 0.29) is 25.2 Å². The average Bonchev–Trinajstić information content (AvgIpc) is 2.91. The van der Waals surface area contributed by atoms with Crippen LogP contribution in [-0.2, 0) is 38.1 Å². The summed E-state index contributed by atoms with van der Waals surface area (Å²) in [4.78, 5) is 42.2. The Balaban J connectivity index is -0.000000447. The molecule has 0 aromatic heterocycles. The van der Waals surface area contributed by atoms with Crippen molar-refractivity contribution in [3.05, 3.63) is 91.6 Å². The second-order valence-corrected chi connectivity index (χ2v) is 7.44. The third-order valence-corrected chi connectivity index (χ3v) is 3.72. The largest absolute Gasteiger partial charge is 0.466 e. The van der Waals surface area contributed by atoms with Crippen LogP contribution in [0.5, 0.6) is 0 Å². The van der Waals surface area contributed by atoms with Gasteiger partial charge in [-0.05, 0) is 32.8 Å². The Hall–Kier alpha value is -4.20. The molecule has 0 saturated carbocycles. The lowest BCUT2D eigenvalue weighted by molar-refractivity contribution is -0.147. The SMILES string of the molecule is C=C(C)C(=O)OC.C=C(C)C(=O)OCCOC(=O)C(=C)C.C=CC(=O)OCCCC.C=Cc1ccccc1. The summed E-state index contributed by atoms with van der Waals surface area (Å²) < 4.78 is 18.3. The van der Waals surface area contributed by atoms with E-state index in [4.69, 9.17) is 0 Å². The summed E-state index contributed by atoms with van der Waals surface area (Å²) in [5, 5.41) is 0. The Bertz CT molecular complexity index is 885. The van der Waals surface area contributed by atoms with E-state index >= 15 is 0 Å². The molecular formula is C30H42O8. The van der Waals surface area contributed by atoms with Crippen molar-refractivity contribution in [1.29, 1.82) is 0 Å². The van der Waals surface area contributed by atoms with E-state index in [1.54, 1.807) is 20.8 Å². The first-order valence-electron chi connectivity index (χ1n) is 11.7. The van der Waals surface area contributed by atoms with Crippen LogP contribution in [0.15, 0.2) is 86.0 Å². The topological polar surface area (TPSA) is 105 Å². The van der Waals surface area contributed by atoms with Gasteiger partial charge in [-0.3, -0.25) is 0 Å². The van der Waals surface area contributed by atoms with Crippen molar-refractivity contribution in [3.63, 3.8) is 0 Å². The Morgan fingerprint density at radius 3 is 1.45 bits per heavy atom. The Morgan fingerprint density at radius 2 is 1.18 bits per heavy atom. The molecule has 0 bridgehead atoms. The van der Waals surface area contributed by atoms with Crippen LogP contribution in [0.2, 0.25) is 0 Å². The molecule has 0 saturated heterocycles. The maximum absolute atomic E-state index is 10.8. The van der Waals surface area contributed by atoms with Crippen molar-refractivity contribution in [2.45, 2.75) is 40.5 Å². The minimum atomic E-state index is -0.489. The third kappa shape index (κ3) is 26.4. The second kappa shape index (κ2) is 25.9. The molecule has 0 fully saturated rings. The third-order valence-electron chi connectivity index (χ3n) is 3.72. The quantitative estimate of drug-likeness (QED) is 0.153. The monoisotopic (exact) mass is 530 g/mol. The van der Waals surface area contributed by atoms with Crippen molar-refractivity contribution in [2.24, 2.45) is 0 Å². The van der Waals surface area contributed by atoms with Gasteiger partial charge in [0.05, 0.1) is 13.7 Å². The van der Waals surface area contributed by atoms with Gasteiger partial charge in [-0.2, -0.15) is 0 Å². The molecule has 8 heteroatoms. The van der Waals surface area contributed by atoms with Crippen molar-refractivity contribution >= 4 is 30.0 Å². The zero-order valence-corrected chi connectivity index (χ0v) is 23.4. The molecule has 1 rings (SSSR count). The molecule has 0 unspecified atom stereocenters. The molecule has 0 aliphatic carbocycles. The molecule has 1 aromatic rings. The normalized spacial score (nSPS) is 8.55. The highest BCUT2D eigenvalue weighted by Crippen LogP contribution is 1.97. The molecule has 38 heavy (non-hydrogen) atoms. The van der Waals surface area contributed by atoms with E-state index in [1.165, 1.54) is 18.7 Å². The minimum Gasteiger partial charge on any atom is -0.466 e. The molecule has 0 heterocycles. The second-order valence-electron chi connectivity index (χ2n) is 7.44. The number of methoxy groups -OCH3 is 1. The molecule has 0 aliphatic heterocycles. The molecule has 0 spiro atoms. The maximum Gasteiger partial charge on any atom is 0.333 e. The number of carbonyl (C=O) groups is 4. The highest BCUT2D eigenvalue weighted by atomic mass is 16.6. The molecular weight excluding hydrogens is 488 g/mol. The molecule has 0 N–H and O–H groups in total. The predicted molar refractivity (Wildman–Crippen MR) is 151 cm³/mol. The number of ether oxygens (including phenoxy) is 4. The number of hydrogen-bond donors (Lipinski definition) is 0. The van der Waals surface area contributed by atoms with E-state index in [9.17, 15) is 19.2 Å². The highest BCUT2D eigenvalue weighted by Gasteiger charge is 2.05. The Labute approximate surface area is 227 Å². The summed E-state index contributed by atoms with van der Waals surface area (Å²) in [6, 6.07) is 10.0. The fourth-order valence-electron chi connectivity index (χ4n) is 1.65. The summed E-state index contributed by atoms with van der Waals surface area (Å²) in [5.74, 6) is -1.66. The number of carbonyl (C=O) groups excluding carboxylic acids is 4. The summed E-state index contributed by atoms with van der Waals surface area (Å²) in [6.07, 6.45) is 4.99. The zero-order valence-electron chi connectivity index (χ0n) is 23.4. The number of benzene rings is 1.